The van der Waals surface area contributed by atoms with Crippen LogP contribution in [-0.4, -0.2) is 9.62 Å². The lowest BCUT2D eigenvalue weighted by Gasteiger charge is -2.20. The van der Waals surface area contributed by atoms with Crippen LogP contribution in [0.4, 0.5) is 0 Å². The average molecular weight is 279 g/mol. The smallest absolute Gasteiger partial charge is 0.169 e. The molecule has 2 atom stereocenters. The molecule has 0 fully saturated rings. The van der Waals surface area contributed by atoms with Crippen LogP contribution in [0.2, 0.25) is 0 Å². The molecule has 0 saturated carbocycles. The van der Waals surface area contributed by atoms with E-state index in [9.17, 15) is 5.11 Å². The normalized spacial score (nSPS) is 36.2. The maximum atomic E-state index is 9.46. The molecule has 0 aromatic carbocycles. The highest BCUT2D eigenvalue weighted by atomic mass is 79.9. The molecular formula is C7H5Br2NO. The monoisotopic (exact) mass is 277 g/mol. The van der Waals surface area contributed by atoms with E-state index in [-0.39, 0.29) is 5.92 Å². The molecule has 0 amide bonds. The molecule has 1 aliphatic rings. The molecule has 0 saturated heterocycles. The van der Waals surface area contributed by atoms with Gasteiger partial charge in [-0.05, 0) is 28.1 Å². The molecule has 1 rings (SSSR count). The third-order valence-corrected chi connectivity index (χ3v) is 3.43. The highest BCUT2D eigenvalue weighted by molar-refractivity contribution is 9.14. The third-order valence-electron chi connectivity index (χ3n) is 1.33. The topological polar surface area (TPSA) is 44.0 Å². The minimum atomic E-state index is -1.12. The van der Waals surface area contributed by atoms with Gasteiger partial charge in [0, 0.05) is 4.48 Å². The largest absolute Gasteiger partial charge is 0.371 e. The van der Waals surface area contributed by atoms with Gasteiger partial charge in [0.2, 0.25) is 0 Å². The lowest BCUT2D eigenvalue weighted by Crippen LogP contribution is -2.20. The van der Waals surface area contributed by atoms with Gasteiger partial charge in [0.05, 0.1) is 12.0 Å². The van der Waals surface area contributed by atoms with Gasteiger partial charge in [0.15, 0.2) is 4.51 Å². The van der Waals surface area contributed by atoms with E-state index >= 15 is 0 Å². The van der Waals surface area contributed by atoms with E-state index in [1.54, 1.807) is 12.2 Å². The lowest BCUT2D eigenvalue weighted by atomic mass is 10.0. The molecule has 0 spiro atoms. The van der Waals surface area contributed by atoms with E-state index < -0.39 is 4.51 Å². The Labute approximate surface area is 81.5 Å². The number of rotatable bonds is 0. The van der Waals surface area contributed by atoms with E-state index in [4.69, 9.17) is 5.26 Å². The van der Waals surface area contributed by atoms with Crippen molar-refractivity contribution in [1.82, 2.24) is 0 Å². The SMILES string of the molecule is N#CC1C=CC(O)(Br)C(Br)=C1. The number of hydrogen-bond acceptors (Lipinski definition) is 2. The van der Waals surface area contributed by atoms with E-state index in [2.05, 4.69) is 31.9 Å². The number of hydrogen-bond donors (Lipinski definition) is 1. The van der Waals surface area contributed by atoms with Crippen LogP contribution >= 0.6 is 31.9 Å². The average Bonchev–Trinajstić information content (AvgIpc) is 1.95. The van der Waals surface area contributed by atoms with Crippen LogP contribution in [0.1, 0.15) is 0 Å². The van der Waals surface area contributed by atoms with Crippen LogP contribution in [0.5, 0.6) is 0 Å². The number of halogens is 2. The highest BCUT2D eigenvalue weighted by Gasteiger charge is 2.27. The summed E-state index contributed by atoms with van der Waals surface area (Å²) in [5, 5.41) is 18.0. The summed E-state index contributed by atoms with van der Waals surface area (Å²) in [6.45, 7) is 0. The molecule has 1 N–H and O–H groups in total. The molecule has 2 nitrogen and oxygen atoms in total. The zero-order chi connectivity index (χ0) is 8.48. The number of nitriles is 1. The van der Waals surface area contributed by atoms with Gasteiger partial charge < -0.3 is 5.11 Å². The Kier molecular flexibility index (Phi) is 2.53. The first-order valence-electron chi connectivity index (χ1n) is 2.94. The number of allylic oxidation sites excluding steroid dienone is 2. The summed E-state index contributed by atoms with van der Waals surface area (Å²) in [6, 6.07) is 2.05. The van der Waals surface area contributed by atoms with E-state index in [1.807, 2.05) is 6.07 Å². The standard InChI is InChI=1S/C7H5Br2NO/c8-6-3-5(4-10)1-2-7(6,9)11/h1-3,5,11H. The van der Waals surface area contributed by atoms with Gasteiger partial charge >= 0.3 is 0 Å². The summed E-state index contributed by atoms with van der Waals surface area (Å²) in [5.41, 5.74) is 0. The van der Waals surface area contributed by atoms with Crippen molar-refractivity contribution in [2.45, 2.75) is 4.51 Å². The minimum absolute atomic E-state index is 0.248. The zero-order valence-electron chi connectivity index (χ0n) is 5.46. The Hall–Kier alpha value is -0.110. The van der Waals surface area contributed by atoms with Gasteiger partial charge in [-0.3, -0.25) is 0 Å². The first-order chi connectivity index (χ1) is 5.06. The third kappa shape index (κ3) is 1.92. The van der Waals surface area contributed by atoms with Gasteiger partial charge in [0.25, 0.3) is 0 Å². The van der Waals surface area contributed by atoms with Crippen molar-refractivity contribution in [2.75, 3.05) is 0 Å². The molecule has 0 heterocycles. The van der Waals surface area contributed by atoms with Crippen LogP contribution in [-0.2, 0) is 0 Å². The number of aliphatic hydroxyl groups is 1. The quantitative estimate of drug-likeness (QED) is 0.545. The van der Waals surface area contributed by atoms with Crippen molar-refractivity contribution in [2.24, 2.45) is 5.92 Å². The summed E-state index contributed by atoms with van der Waals surface area (Å²) in [6.07, 6.45) is 4.82. The fourth-order valence-electron chi connectivity index (χ4n) is 0.721. The summed E-state index contributed by atoms with van der Waals surface area (Å²) < 4.78 is -0.556. The van der Waals surface area contributed by atoms with Gasteiger partial charge in [0.1, 0.15) is 0 Å². The van der Waals surface area contributed by atoms with Crippen LogP contribution in [0.3, 0.4) is 0 Å². The Morgan fingerprint density at radius 2 is 2.36 bits per heavy atom. The van der Waals surface area contributed by atoms with Crippen molar-refractivity contribution in [3.8, 4) is 6.07 Å². The minimum Gasteiger partial charge on any atom is -0.371 e. The fourth-order valence-corrected chi connectivity index (χ4v) is 1.42. The first-order valence-corrected chi connectivity index (χ1v) is 4.53. The van der Waals surface area contributed by atoms with Crippen LogP contribution in [0.15, 0.2) is 22.7 Å². The maximum Gasteiger partial charge on any atom is 0.169 e. The van der Waals surface area contributed by atoms with Crippen molar-refractivity contribution >= 4 is 31.9 Å². The van der Waals surface area contributed by atoms with Gasteiger partial charge in [-0.2, -0.15) is 5.26 Å². The predicted molar refractivity (Wildman–Crippen MR) is 49.1 cm³/mol. The van der Waals surface area contributed by atoms with E-state index in [1.165, 1.54) is 6.08 Å². The van der Waals surface area contributed by atoms with E-state index in [0.717, 1.165) is 0 Å². The molecule has 0 aromatic heterocycles. The zero-order valence-corrected chi connectivity index (χ0v) is 8.63. The Bertz CT molecular complexity index is 262. The lowest BCUT2D eigenvalue weighted by molar-refractivity contribution is 0.239. The van der Waals surface area contributed by atoms with Gasteiger partial charge in [-0.15, -0.1) is 0 Å². The highest BCUT2D eigenvalue weighted by Crippen LogP contribution is 2.35. The molecule has 4 heteroatoms. The van der Waals surface area contributed by atoms with Crippen molar-refractivity contribution in [1.29, 1.82) is 5.26 Å². The predicted octanol–water partition coefficient (Wildman–Crippen LogP) is 2.06. The van der Waals surface area contributed by atoms with Crippen LogP contribution in [0, 0.1) is 17.2 Å². The second-order valence-corrected chi connectivity index (χ2v) is 4.27. The molecule has 0 bridgehead atoms. The Balaban J connectivity index is 2.91. The Morgan fingerprint density at radius 1 is 1.73 bits per heavy atom. The van der Waals surface area contributed by atoms with Crippen LogP contribution in [0.25, 0.3) is 0 Å². The number of alkyl halides is 1. The summed E-state index contributed by atoms with van der Waals surface area (Å²) in [5.74, 6) is -0.248. The van der Waals surface area contributed by atoms with E-state index in [0.29, 0.717) is 4.48 Å². The second-order valence-electron chi connectivity index (χ2n) is 2.20. The molecule has 2 unspecified atom stereocenters. The molecule has 0 aliphatic heterocycles. The number of nitrogens with zero attached hydrogens (tertiary/aromatic N) is 1. The van der Waals surface area contributed by atoms with Crippen molar-refractivity contribution < 1.29 is 5.11 Å². The fraction of sp³-hybridized carbons (Fsp3) is 0.286. The molecule has 11 heavy (non-hydrogen) atoms. The van der Waals surface area contributed by atoms with Crippen molar-refractivity contribution in [3.63, 3.8) is 0 Å². The Morgan fingerprint density at radius 3 is 2.82 bits per heavy atom. The molecule has 0 radical (unpaired) electrons. The summed E-state index contributed by atoms with van der Waals surface area (Å²) in [7, 11) is 0. The summed E-state index contributed by atoms with van der Waals surface area (Å²) >= 11 is 6.21. The maximum absolute atomic E-state index is 9.46. The summed E-state index contributed by atoms with van der Waals surface area (Å²) in [4.78, 5) is 0. The van der Waals surface area contributed by atoms with Gasteiger partial charge in [-0.1, -0.05) is 22.0 Å². The molecule has 58 valence electrons. The van der Waals surface area contributed by atoms with Crippen molar-refractivity contribution in [3.05, 3.63) is 22.7 Å². The van der Waals surface area contributed by atoms with Crippen LogP contribution < -0.4 is 0 Å². The van der Waals surface area contributed by atoms with Gasteiger partial charge in [-0.25, -0.2) is 0 Å². The molecule has 1 aliphatic carbocycles. The molecular weight excluding hydrogens is 274 g/mol. The molecule has 0 aromatic rings. The second kappa shape index (κ2) is 3.10. The first kappa shape index (κ1) is 8.98.